The van der Waals surface area contributed by atoms with Gasteiger partial charge in [-0.1, -0.05) is 12.1 Å². The summed E-state index contributed by atoms with van der Waals surface area (Å²) in [6.07, 6.45) is 5.22. The second kappa shape index (κ2) is 8.73. The summed E-state index contributed by atoms with van der Waals surface area (Å²) in [4.78, 5) is 28.1. The number of nitrogens with one attached hydrogen (secondary N) is 1. The molecule has 2 aliphatic rings. The number of nitrogens with zero attached hydrogens (tertiary/aromatic N) is 5. The number of rotatable bonds is 5. The molecule has 2 aliphatic heterocycles. The van der Waals surface area contributed by atoms with Crippen LogP contribution >= 0.6 is 0 Å². The SMILES string of the molecule is Cn1nccc1N1CCC[C@H](NC(=O)C2CCN(c3ccccc3[N+](=O)[O-])CC2)C1. The van der Waals surface area contributed by atoms with Crippen molar-refractivity contribution in [3.05, 3.63) is 46.6 Å². The molecule has 9 nitrogen and oxygen atoms in total. The molecule has 4 rings (SSSR count). The van der Waals surface area contributed by atoms with Gasteiger partial charge in [-0.3, -0.25) is 19.6 Å². The lowest BCUT2D eigenvalue weighted by Gasteiger charge is -2.36. The van der Waals surface area contributed by atoms with Crippen molar-refractivity contribution in [1.29, 1.82) is 0 Å². The van der Waals surface area contributed by atoms with Crippen molar-refractivity contribution < 1.29 is 9.72 Å². The third-order valence-corrected chi connectivity index (χ3v) is 6.17. The number of nitro benzene ring substituents is 1. The first-order valence-electron chi connectivity index (χ1n) is 10.5. The molecule has 9 heteroatoms. The van der Waals surface area contributed by atoms with E-state index in [4.69, 9.17) is 0 Å². The zero-order valence-corrected chi connectivity index (χ0v) is 17.2. The van der Waals surface area contributed by atoms with E-state index in [0.29, 0.717) is 31.6 Å². The first-order chi connectivity index (χ1) is 14.5. The summed E-state index contributed by atoms with van der Waals surface area (Å²) < 4.78 is 1.86. The summed E-state index contributed by atoms with van der Waals surface area (Å²) in [6.45, 7) is 3.06. The molecule has 2 fully saturated rings. The van der Waals surface area contributed by atoms with Crippen LogP contribution < -0.4 is 15.1 Å². The Labute approximate surface area is 175 Å². The lowest BCUT2D eigenvalue weighted by molar-refractivity contribution is -0.384. The summed E-state index contributed by atoms with van der Waals surface area (Å²) in [5.41, 5.74) is 0.762. The van der Waals surface area contributed by atoms with E-state index in [2.05, 4.69) is 15.3 Å². The van der Waals surface area contributed by atoms with Crippen LogP contribution in [0.4, 0.5) is 17.2 Å². The molecule has 2 aromatic rings. The molecular formula is C21H28N6O3. The number of hydrogen-bond acceptors (Lipinski definition) is 6. The molecule has 0 saturated carbocycles. The molecule has 0 bridgehead atoms. The highest BCUT2D eigenvalue weighted by Crippen LogP contribution is 2.31. The van der Waals surface area contributed by atoms with E-state index >= 15 is 0 Å². The van der Waals surface area contributed by atoms with Crippen molar-refractivity contribution in [2.45, 2.75) is 31.7 Å². The fraction of sp³-hybridized carbons (Fsp3) is 0.524. The van der Waals surface area contributed by atoms with Crippen LogP contribution in [0, 0.1) is 16.0 Å². The van der Waals surface area contributed by atoms with Gasteiger partial charge in [-0.15, -0.1) is 0 Å². The summed E-state index contributed by atoms with van der Waals surface area (Å²) in [7, 11) is 1.93. The zero-order chi connectivity index (χ0) is 21.1. The Morgan fingerprint density at radius 1 is 1.13 bits per heavy atom. The van der Waals surface area contributed by atoms with Crippen LogP contribution in [0.5, 0.6) is 0 Å². The lowest BCUT2D eigenvalue weighted by atomic mass is 9.94. The zero-order valence-electron chi connectivity index (χ0n) is 17.2. The third kappa shape index (κ3) is 4.24. The normalized spacial score (nSPS) is 20.2. The van der Waals surface area contributed by atoms with Gasteiger partial charge < -0.3 is 15.1 Å². The molecule has 0 aliphatic carbocycles. The van der Waals surface area contributed by atoms with Crippen molar-refractivity contribution in [3.63, 3.8) is 0 Å². The van der Waals surface area contributed by atoms with Crippen molar-refractivity contribution in [3.8, 4) is 0 Å². The maximum absolute atomic E-state index is 12.9. The van der Waals surface area contributed by atoms with E-state index in [9.17, 15) is 14.9 Å². The number of amides is 1. The van der Waals surface area contributed by atoms with Crippen LogP contribution in [-0.2, 0) is 11.8 Å². The number of para-hydroxylation sites is 2. The highest BCUT2D eigenvalue weighted by Gasteiger charge is 2.30. The van der Waals surface area contributed by atoms with E-state index in [0.717, 1.165) is 31.7 Å². The Hall–Kier alpha value is -3.10. The van der Waals surface area contributed by atoms with Gasteiger partial charge in [-0.2, -0.15) is 5.10 Å². The van der Waals surface area contributed by atoms with Gasteiger partial charge in [0, 0.05) is 57.3 Å². The van der Waals surface area contributed by atoms with E-state index in [-0.39, 0.29) is 28.5 Å². The molecule has 0 radical (unpaired) electrons. The minimum atomic E-state index is -0.342. The average molecular weight is 412 g/mol. The molecule has 2 saturated heterocycles. The van der Waals surface area contributed by atoms with E-state index < -0.39 is 0 Å². The maximum atomic E-state index is 12.9. The monoisotopic (exact) mass is 412 g/mol. The lowest BCUT2D eigenvalue weighted by Crippen LogP contribution is -2.51. The Morgan fingerprint density at radius 2 is 1.90 bits per heavy atom. The smallest absolute Gasteiger partial charge is 0.292 e. The summed E-state index contributed by atoms with van der Waals surface area (Å²) in [5.74, 6) is 1.14. The standard InChI is InChI=1S/C21H28N6O3/c1-24-20(8-11-22-24)26-12-4-5-17(15-26)23-21(28)16-9-13-25(14-10-16)18-6-2-3-7-19(18)27(29)30/h2-3,6-8,11,16-17H,4-5,9-10,12-15H2,1H3,(H,23,28)/t17-/m0/s1. The van der Waals surface area contributed by atoms with Gasteiger partial charge in [0.05, 0.1) is 11.1 Å². The topological polar surface area (TPSA) is 96.5 Å². The Kier molecular flexibility index (Phi) is 5.87. The fourth-order valence-electron chi connectivity index (χ4n) is 4.57. The molecular weight excluding hydrogens is 384 g/mol. The highest BCUT2D eigenvalue weighted by atomic mass is 16.6. The number of piperidine rings is 2. The number of nitro groups is 1. The molecule has 1 aromatic carbocycles. The van der Waals surface area contributed by atoms with Gasteiger partial charge in [0.15, 0.2) is 0 Å². The van der Waals surface area contributed by atoms with Crippen molar-refractivity contribution in [1.82, 2.24) is 15.1 Å². The third-order valence-electron chi connectivity index (χ3n) is 6.17. The van der Waals surface area contributed by atoms with Gasteiger partial charge in [0.2, 0.25) is 5.91 Å². The largest absolute Gasteiger partial charge is 0.366 e. The van der Waals surface area contributed by atoms with Crippen molar-refractivity contribution >= 4 is 23.1 Å². The van der Waals surface area contributed by atoms with Crippen molar-refractivity contribution in [2.24, 2.45) is 13.0 Å². The predicted octanol–water partition coefficient (Wildman–Crippen LogP) is 2.33. The molecule has 1 atom stereocenters. The Balaban J connectivity index is 1.32. The number of aryl methyl sites for hydroxylation is 1. The quantitative estimate of drug-likeness (QED) is 0.598. The molecule has 160 valence electrons. The number of carbonyl (C=O) groups excluding carboxylic acids is 1. The van der Waals surface area contributed by atoms with Gasteiger partial charge in [0.25, 0.3) is 5.69 Å². The van der Waals surface area contributed by atoms with E-state index in [1.54, 1.807) is 18.3 Å². The van der Waals surface area contributed by atoms with E-state index in [1.807, 2.05) is 28.8 Å². The minimum Gasteiger partial charge on any atom is -0.366 e. The first-order valence-corrected chi connectivity index (χ1v) is 10.5. The predicted molar refractivity (Wildman–Crippen MR) is 115 cm³/mol. The minimum absolute atomic E-state index is 0.0453. The Morgan fingerprint density at radius 3 is 2.60 bits per heavy atom. The van der Waals surface area contributed by atoms with Gasteiger partial charge in [0.1, 0.15) is 11.5 Å². The molecule has 3 heterocycles. The molecule has 0 unspecified atom stereocenters. The van der Waals surface area contributed by atoms with Crippen LogP contribution in [0.3, 0.4) is 0 Å². The van der Waals surface area contributed by atoms with Crippen molar-refractivity contribution in [2.75, 3.05) is 36.0 Å². The highest BCUT2D eigenvalue weighted by molar-refractivity contribution is 5.79. The number of hydrogen-bond donors (Lipinski definition) is 1. The summed E-state index contributed by atoms with van der Waals surface area (Å²) >= 11 is 0. The molecule has 1 aromatic heterocycles. The van der Waals surface area contributed by atoms with Crippen LogP contribution in [-0.4, -0.2) is 52.8 Å². The van der Waals surface area contributed by atoms with Crippen LogP contribution in [0.2, 0.25) is 0 Å². The van der Waals surface area contributed by atoms with E-state index in [1.165, 1.54) is 6.07 Å². The van der Waals surface area contributed by atoms with Crippen LogP contribution in [0.15, 0.2) is 36.5 Å². The van der Waals surface area contributed by atoms with Crippen LogP contribution in [0.1, 0.15) is 25.7 Å². The van der Waals surface area contributed by atoms with Gasteiger partial charge in [-0.25, -0.2) is 0 Å². The summed E-state index contributed by atoms with van der Waals surface area (Å²) in [5, 5.41) is 18.8. The number of anilines is 2. The number of aromatic nitrogens is 2. The second-order valence-corrected chi connectivity index (χ2v) is 8.11. The summed E-state index contributed by atoms with van der Waals surface area (Å²) in [6, 6.07) is 8.95. The molecule has 1 amide bonds. The molecule has 1 N–H and O–H groups in total. The van der Waals surface area contributed by atoms with Gasteiger partial charge >= 0.3 is 0 Å². The molecule has 30 heavy (non-hydrogen) atoms. The number of carbonyl (C=O) groups is 1. The maximum Gasteiger partial charge on any atom is 0.292 e. The number of benzene rings is 1. The van der Waals surface area contributed by atoms with Crippen LogP contribution in [0.25, 0.3) is 0 Å². The second-order valence-electron chi connectivity index (χ2n) is 8.11. The fourth-order valence-corrected chi connectivity index (χ4v) is 4.57. The van der Waals surface area contributed by atoms with Gasteiger partial charge in [-0.05, 0) is 31.7 Å². The average Bonchev–Trinajstić information content (AvgIpc) is 3.20. The molecule has 0 spiro atoms. The first kappa shape index (κ1) is 20.2. The Bertz CT molecular complexity index is 906.